The van der Waals surface area contributed by atoms with Crippen LogP contribution in [0.25, 0.3) is 0 Å². The monoisotopic (exact) mass is 278 g/mol. The summed E-state index contributed by atoms with van der Waals surface area (Å²) in [6, 6.07) is 18.1. The lowest BCUT2D eigenvalue weighted by Gasteiger charge is -2.32. The summed E-state index contributed by atoms with van der Waals surface area (Å²) in [6.45, 7) is 2.18. The first kappa shape index (κ1) is 12.9. The van der Waals surface area contributed by atoms with Gasteiger partial charge >= 0.3 is 0 Å². The van der Waals surface area contributed by atoms with Gasteiger partial charge < -0.3 is 10.6 Å². The van der Waals surface area contributed by atoms with Crippen molar-refractivity contribution in [1.29, 1.82) is 0 Å². The summed E-state index contributed by atoms with van der Waals surface area (Å²) in [4.78, 5) is 0. The average Bonchev–Trinajstić information content (AvgIpc) is 2.71. The number of nitrogens with one attached hydrogen (secondary N) is 2. The molecular formula is C19H22N2. The molecule has 0 amide bonds. The molecular weight excluding hydrogens is 256 g/mol. The van der Waals surface area contributed by atoms with Crippen LogP contribution in [0.4, 0.5) is 5.69 Å². The molecule has 0 fully saturated rings. The topological polar surface area (TPSA) is 24.1 Å². The van der Waals surface area contributed by atoms with Crippen molar-refractivity contribution in [3.8, 4) is 0 Å². The van der Waals surface area contributed by atoms with Gasteiger partial charge in [0, 0.05) is 30.7 Å². The summed E-state index contributed by atoms with van der Waals surface area (Å²) >= 11 is 0. The van der Waals surface area contributed by atoms with Gasteiger partial charge in [0.25, 0.3) is 0 Å². The van der Waals surface area contributed by atoms with Gasteiger partial charge in [-0.15, -0.1) is 0 Å². The van der Waals surface area contributed by atoms with Crippen molar-refractivity contribution in [2.24, 2.45) is 0 Å². The highest BCUT2D eigenvalue weighted by atomic mass is 15.0. The van der Waals surface area contributed by atoms with Crippen molar-refractivity contribution in [2.75, 3.05) is 18.4 Å². The zero-order valence-electron chi connectivity index (χ0n) is 12.3. The van der Waals surface area contributed by atoms with Gasteiger partial charge in [-0.05, 0) is 42.0 Å². The Morgan fingerprint density at radius 2 is 1.81 bits per heavy atom. The van der Waals surface area contributed by atoms with E-state index in [2.05, 4.69) is 59.2 Å². The maximum atomic E-state index is 3.82. The first-order valence-corrected chi connectivity index (χ1v) is 8.06. The van der Waals surface area contributed by atoms with Crippen LogP contribution in [0.1, 0.15) is 41.5 Å². The summed E-state index contributed by atoms with van der Waals surface area (Å²) in [5.74, 6) is 0.699. The second-order valence-corrected chi connectivity index (χ2v) is 6.22. The van der Waals surface area contributed by atoms with Gasteiger partial charge in [-0.2, -0.15) is 0 Å². The summed E-state index contributed by atoms with van der Waals surface area (Å²) in [5, 5.41) is 7.37. The van der Waals surface area contributed by atoms with Crippen LogP contribution < -0.4 is 10.6 Å². The molecule has 1 heterocycles. The van der Waals surface area contributed by atoms with E-state index in [1.54, 1.807) is 5.56 Å². The Labute approximate surface area is 126 Å². The van der Waals surface area contributed by atoms with Gasteiger partial charge in [0.1, 0.15) is 0 Å². The fourth-order valence-corrected chi connectivity index (χ4v) is 3.69. The maximum absolute atomic E-state index is 3.82. The van der Waals surface area contributed by atoms with Crippen molar-refractivity contribution >= 4 is 5.69 Å². The minimum atomic E-state index is 0.490. The van der Waals surface area contributed by atoms with Crippen LogP contribution in [0.3, 0.4) is 0 Å². The molecule has 0 spiro atoms. The van der Waals surface area contributed by atoms with E-state index in [1.807, 2.05) is 0 Å². The Kier molecular flexibility index (Phi) is 3.40. The molecule has 1 aliphatic heterocycles. The molecule has 0 bridgehead atoms. The number of anilines is 1. The van der Waals surface area contributed by atoms with E-state index in [4.69, 9.17) is 0 Å². The molecule has 0 saturated heterocycles. The zero-order chi connectivity index (χ0) is 14.1. The minimum Gasteiger partial charge on any atom is -0.385 e. The molecule has 4 rings (SSSR count). The van der Waals surface area contributed by atoms with Gasteiger partial charge in [-0.25, -0.2) is 0 Å². The van der Waals surface area contributed by atoms with Crippen molar-refractivity contribution in [1.82, 2.24) is 5.32 Å². The summed E-state index contributed by atoms with van der Waals surface area (Å²) in [7, 11) is 0. The van der Waals surface area contributed by atoms with Gasteiger partial charge in [0.15, 0.2) is 0 Å². The minimum absolute atomic E-state index is 0.490. The molecule has 21 heavy (non-hydrogen) atoms. The highest BCUT2D eigenvalue weighted by Gasteiger charge is 2.26. The number of hydrogen-bond donors (Lipinski definition) is 2. The number of para-hydroxylation sites is 1. The lowest BCUT2D eigenvalue weighted by atomic mass is 9.77. The summed E-state index contributed by atoms with van der Waals surface area (Å²) in [5.41, 5.74) is 5.82. The fourth-order valence-electron chi connectivity index (χ4n) is 3.69. The molecule has 2 unspecified atom stereocenters. The second-order valence-electron chi connectivity index (χ2n) is 6.22. The standard InChI is InChI=1S/C19H22N2/c1-2-7-16-14(6-1)12-15(16)13-21-19-10-5-11-20-18-9-4-3-8-17(18)19/h1-4,6-9,15,19-21H,5,10-13H2. The van der Waals surface area contributed by atoms with Crippen LogP contribution in [0.2, 0.25) is 0 Å². The van der Waals surface area contributed by atoms with Gasteiger partial charge in [0.2, 0.25) is 0 Å². The summed E-state index contributed by atoms with van der Waals surface area (Å²) in [6.07, 6.45) is 3.68. The van der Waals surface area contributed by atoms with Crippen molar-refractivity contribution < 1.29 is 0 Å². The lowest BCUT2D eigenvalue weighted by molar-refractivity contribution is 0.450. The quantitative estimate of drug-likeness (QED) is 0.891. The van der Waals surface area contributed by atoms with Crippen LogP contribution in [0.5, 0.6) is 0 Å². The summed E-state index contributed by atoms with van der Waals surface area (Å²) < 4.78 is 0. The third-order valence-electron chi connectivity index (χ3n) is 4.89. The van der Waals surface area contributed by atoms with Crippen LogP contribution in [-0.4, -0.2) is 13.1 Å². The van der Waals surface area contributed by atoms with E-state index in [0.29, 0.717) is 12.0 Å². The Hall–Kier alpha value is -1.80. The van der Waals surface area contributed by atoms with Crippen LogP contribution in [-0.2, 0) is 6.42 Å². The van der Waals surface area contributed by atoms with E-state index in [1.165, 1.54) is 36.1 Å². The first-order valence-electron chi connectivity index (χ1n) is 8.06. The predicted octanol–water partition coefficient (Wildman–Crippen LogP) is 3.86. The Balaban J connectivity index is 1.46. The van der Waals surface area contributed by atoms with E-state index in [9.17, 15) is 0 Å². The SMILES string of the molecule is c1ccc2c(c1)CC2CNC1CCCNc2ccccc21. The molecule has 2 N–H and O–H groups in total. The molecule has 1 aliphatic carbocycles. The molecule has 0 aromatic heterocycles. The molecule has 2 aliphatic rings. The Bertz CT molecular complexity index is 635. The van der Waals surface area contributed by atoms with Gasteiger partial charge in [-0.3, -0.25) is 0 Å². The van der Waals surface area contributed by atoms with E-state index < -0.39 is 0 Å². The number of hydrogen-bond acceptors (Lipinski definition) is 2. The molecule has 2 nitrogen and oxygen atoms in total. The van der Waals surface area contributed by atoms with Crippen molar-refractivity contribution in [2.45, 2.75) is 31.2 Å². The predicted molar refractivity (Wildman–Crippen MR) is 87.8 cm³/mol. The van der Waals surface area contributed by atoms with Crippen molar-refractivity contribution in [3.05, 3.63) is 65.2 Å². The molecule has 2 aromatic carbocycles. The number of fused-ring (bicyclic) bond motifs is 2. The fraction of sp³-hybridized carbons (Fsp3) is 0.368. The second kappa shape index (κ2) is 5.53. The Morgan fingerprint density at radius 1 is 1.00 bits per heavy atom. The lowest BCUT2D eigenvalue weighted by Crippen LogP contribution is -2.31. The highest BCUT2D eigenvalue weighted by Crippen LogP contribution is 2.35. The Morgan fingerprint density at radius 3 is 2.71 bits per heavy atom. The highest BCUT2D eigenvalue weighted by molar-refractivity contribution is 5.53. The van der Waals surface area contributed by atoms with E-state index >= 15 is 0 Å². The van der Waals surface area contributed by atoms with E-state index in [0.717, 1.165) is 13.1 Å². The maximum Gasteiger partial charge on any atom is 0.0388 e. The van der Waals surface area contributed by atoms with Crippen LogP contribution >= 0.6 is 0 Å². The number of rotatable bonds is 3. The third kappa shape index (κ3) is 2.44. The molecule has 2 aromatic rings. The third-order valence-corrected chi connectivity index (χ3v) is 4.89. The first-order chi connectivity index (χ1) is 10.4. The molecule has 0 saturated carbocycles. The molecule has 2 heteroatoms. The smallest absolute Gasteiger partial charge is 0.0388 e. The average molecular weight is 278 g/mol. The van der Waals surface area contributed by atoms with Gasteiger partial charge in [-0.1, -0.05) is 42.5 Å². The zero-order valence-corrected chi connectivity index (χ0v) is 12.3. The molecule has 2 atom stereocenters. The van der Waals surface area contributed by atoms with Crippen LogP contribution in [0, 0.1) is 0 Å². The van der Waals surface area contributed by atoms with E-state index in [-0.39, 0.29) is 0 Å². The molecule has 0 radical (unpaired) electrons. The largest absolute Gasteiger partial charge is 0.385 e. The normalized spacial score (nSPS) is 23.2. The van der Waals surface area contributed by atoms with Crippen molar-refractivity contribution in [3.63, 3.8) is 0 Å². The number of benzene rings is 2. The van der Waals surface area contributed by atoms with Crippen LogP contribution in [0.15, 0.2) is 48.5 Å². The molecule has 108 valence electrons. The van der Waals surface area contributed by atoms with Gasteiger partial charge in [0.05, 0.1) is 0 Å².